The molecule has 1 rings (SSSR count). The predicted octanol–water partition coefficient (Wildman–Crippen LogP) is 1.21. The molecule has 90 valence electrons. The Bertz CT molecular complexity index is 478. The topological polar surface area (TPSA) is 105 Å². The number of hydrogen-bond donors (Lipinski definition) is 3. The predicted molar refractivity (Wildman–Crippen MR) is 67.1 cm³/mol. The van der Waals surface area contributed by atoms with E-state index in [1.807, 2.05) is 13.0 Å². The van der Waals surface area contributed by atoms with E-state index in [0.717, 1.165) is 0 Å². The molecule has 5 N–H and O–H groups in total. The van der Waals surface area contributed by atoms with Crippen molar-refractivity contribution in [2.45, 2.75) is 25.8 Å². The molecule has 0 saturated heterocycles. The molecule has 0 bridgehead atoms. The highest BCUT2D eigenvalue weighted by atomic mass is 16.1. The van der Waals surface area contributed by atoms with E-state index in [1.165, 1.54) is 0 Å². The fourth-order valence-electron chi connectivity index (χ4n) is 1.37. The van der Waals surface area contributed by atoms with Crippen LogP contribution in [0.2, 0.25) is 0 Å². The Hall–Kier alpha value is -2.22. The molecule has 17 heavy (non-hydrogen) atoms. The van der Waals surface area contributed by atoms with Crippen LogP contribution in [-0.2, 0) is 4.79 Å². The summed E-state index contributed by atoms with van der Waals surface area (Å²) >= 11 is 0. The van der Waals surface area contributed by atoms with Gasteiger partial charge in [0.1, 0.15) is 11.6 Å². The van der Waals surface area contributed by atoms with E-state index in [-0.39, 0.29) is 0 Å². The van der Waals surface area contributed by atoms with Crippen LogP contribution in [0.15, 0.2) is 18.2 Å². The maximum atomic E-state index is 11.3. The molecule has 1 unspecified atom stereocenters. The molecule has 0 aliphatic carbocycles. The summed E-state index contributed by atoms with van der Waals surface area (Å²) < 4.78 is 0. The third kappa shape index (κ3) is 2.67. The lowest BCUT2D eigenvalue weighted by atomic mass is 9.97. The van der Waals surface area contributed by atoms with Crippen LogP contribution in [0.1, 0.15) is 25.8 Å². The highest BCUT2D eigenvalue weighted by Crippen LogP contribution is 2.22. The molecule has 0 aliphatic rings. The molecule has 0 spiro atoms. The molecule has 1 aromatic carbocycles. The van der Waals surface area contributed by atoms with Gasteiger partial charge in [-0.25, -0.2) is 0 Å². The minimum Gasteiger partial charge on any atom is -0.398 e. The fourth-order valence-corrected chi connectivity index (χ4v) is 1.37. The van der Waals surface area contributed by atoms with Gasteiger partial charge in [-0.05, 0) is 31.5 Å². The second-order valence-corrected chi connectivity index (χ2v) is 4.09. The van der Waals surface area contributed by atoms with Gasteiger partial charge in [0.25, 0.3) is 0 Å². The van der Waals surface area contributed by atoms with Gasteiger partial charge in [0.2, 0.25) is 5.91 Å². The van der Waals surface area contributed by atoms with E-state index in [9.17, 15) is 4.79 Å². The van der Waals surface area contributed by atoms with Gasteiger partial charge in [0, 0.05) is 11.4 Å². The Kier molecular flexibility index (Phi) is 3.59. The van der Waals surface area contributed by atoms with Gasteiger partial charge in [-0.15, -0.1) is 0 Å². The van der Waals surface area contributed by atoms with Crippen molar-refractivity contribution in [2.75, 3.05) is 11.1 Å². The number of nitrogens with one attached hydrogen (secondary N) is 1. The molecule has 0 saturated carbocycles. The number of nitriles is 1. The van der Waals surface area contributed by atoms with Crippen molar-refractivity contribution >= 4 is 17.3 Å². The van der Waals surface area contributed by atoms with Crippen molar-refractivity contribution in [1.82, 2.24) is 0 Å². The Labute approximate surface area is 100 Å². The zero-order valence-corrected chi connectivity index (χ0v) is 9.95. The molecule has 1 amide bonds. The van der Waals surface area contributed by atoms with Crippen LogP contribution in [0.25, 0.3) is 0 Å². The fraction of sp³-hybridized carbons (Fsp3) is 0.333. The average molecular weight is 232 g/mol. The third-order valence-corrected chi connectivity index (χ3v) is 2.84. The zero-order valence-electron chi connectivity index (χ0n) is 9.95. The number of hydrogen-bond acceptors (Lipinski definition) is 4. The molecule has 5 nitrogen and oxygen atoms in total. The van der Waals surface area contributed by atoms with E-state index >= 15 is 0 Å². The summed E-state index contributed by atoms with van der Waals surface area (Å²) in [5.41, 5.74) is 11.6. The molecule has 5 heteroatoms. The number of amides is 1. The van der Waals surface area contributed by atoms with Crippen LogP contribution >= 0.6 is 0 Å². The van der Waals surface area contributed by atoms with Gasteiger partial charge in [-0.3, -0.25) is 4.79 Å². The Morgan fingerprint density at radius 1 is 1.59 bits per heavy atom. The molecular formula is C12H16N4O. The van der Waals surface area contributed by atoms with Crippen LogP contribution in [0, 0.1) is 11.3 Å². The highest BCUT2D eigenvalue weighted by Gasteiger charge is 2.28. The van der Waals surface area contributed by atoms with Crippen LogP contribution in [-0.4, -0.2) is 11.4 Å². The lowest BCUT2D eigenvalue weighted by Gasteiger charge is -2.27. The zero-order chi connectivity index (χ0) is 13.1. The number of nitrogen functional groups attached to an aromatic ring is 1. The van der Waals surface area contributed by atoms with Crippen molar-refractivity contribution in [3.8, 4) is 6.07 Å². The first-order valence-corrected chi connectivity index (χ1v) is 5.30. The van der Waals surface area contributed by atoms with Crippen molar-refractivity contribution < 1.29 is 4.79 Å². The second kappa shape index (κ2) is 4.74. The maximum absolute atomic E-state index is 11.3. The number of carbonyl (C=O) groups excluding carboxylic acids is 1. The second-order valence-electron chi connectivity index (χ2n) is 4.09. The minimum absolute atomic E-state index is 0.373. The number of primary amides is 1. The highest BCUT2D eigenvalue weighted by molar-refractivity contribution is 5.87. The number of nitrogens with two attached hydrogens (primary N) is 2. The van der Waals surface area contributed by atoms with Gasteiger partial charge in [0.05, 0.1) is 5.56 Å². The van der Waals surface area contributed by atoms with Crippen LogP contribution < -0.4 is 16.8 Å². The van der Waals surface area contributed by atoms with Gasteiger partial charge in [0.15, 0.2) is 0 Å². The number of anilines is 2. The molecule has 1 aromatic rings. The molecular weight excluding hydrogens is 216 g/mol. The van der Waals surface area contributed by atoms with Gasteiger partial charge in [-0.2, -0.15) is 5.26 Å². The Morgan fingerprint density at radius 2 is 2.24 bits per heavy atom. The van der Waals surface area contributed by atoms with Gasteiger partial charge < -0.3 is 16.8 Å². The van der Waals surface area contributed by atoms with Crippen molar-refractivity contribution in [2.24, 2.45) is 5.73 Å². The quantitative estimate of drug-likeness (QED) is 0.678. The van der Waals surface area contributed by atoms with Crippen molar-refractivity contribution in [1.29, 1.82) is 5.26 Å². The SMILES string of the molecule is CCC(C)(Nc1ccc(N)c(C#N)c1)C(N)=O. The largest absolute Gasteiger partial charge is 0.398 e. The first-order valence-electron chi connectivity index (χ1n) is 5.30. The monoisotopic (exact) mass is 232 g/mol. The molecule has 0 aromatic heterocycles. The van der Waals surface area contributed by atoms with E-state index < -0.39 is 11.4 Å². The van der Waals surface area contributed by atoms with Crippen LogP contribution in [0.5, 0.6) is 0 Å². The van der Waals surface area contributed by atoms with E-state index in [0.29, 0.717) is 23.4 Å². The summed E-state index contributed by atoms with van der Waals surface area (Å²) in [5, 5.41) is 11.9. The maximum Gasteiger partial charge on any atom is 0.242 e. The van der Waals surface area contributed by atoms with E-state index in [2.05, 4.69) is 5.32 Å². The third-order valence-electron chi connectivity index (χ3n) is 2.84. The standard InChI is InChI=1S/C12H16N4O/c1-3-12(2,11(15)17)16-9-4-5-10(14)8(6-9)7-13/h4-6,16H,3,14H2,1-2H3,(H2,15,17). The van der Waals surface area contributed by atoms with Gasteiger partial charge >= 0.3 is 0 Å². The van der Waals surface area contributed by atoms with Crippen LogP contribution in [0.4, 0.5) is 11.4 Å². The summed E-state index contributed by atoms with van der Waals surface area (Å²) in [4.78, 5) is 11.3. The van der Waals surface area contributed by atoms with Gasteiger partial charge in [-0.1, -0.05) is 6.92 Å². The van der Waals surface area contributed by atoms with E-state index in [4.69, 9.17) is 16.7 Å². The van der Waals surface area contributed by atoms with Crippen molar-refractivity contribution in [3.05, 3.63) is 23.8 Å². The first-order chi connectivity index (χ1) is 7.92. The summed E-state index contributed by atoms with van der Waals surface area (Å²) in [5.74, 6) is -0.435. The number of rotatable bonds is 4. The summed E-state index contributed by atoms with van der Waals surface area (Å²) in [6.45, 7) is 3.58. The average Bonchev–Trinajstić information content (AvgIpc) is 2.31. The molecule has 0 heterocycles. The molecule has 0 aliphatic heterocycles. The van der Waals surface area contributed by atoms with Crippen LogP contribution in [0.3, 0.4) is 0 Å². The normalized spacial score (nSPS) is 13.5. The Morgan fingerprint density at radius 3 is 2.71 bits per heavy atom. The number of nitrogens with zero attached hydrogens (tertiary/aromatic N) is 1. The molecule has 0 radical (unpaired) electrons. The number of benzene rings is 1. The molecule has 0 fully saturated rings. The van der Waals surface area contributed by atoms with Crippen molar-refractivity contribution in [3.63, 3.8) is 0 Å². The summed E-state index contributed by atoms with van der Waals surface area (Å²) in [6.07, 6.45) is 0.550. The summed E-state index contributed by atoms with van der Waals surface area (Å²) in [6, 6.07) is 6.93. The number of carbonyl (C=O) groups is 1. The minimum atomic E-state index is -0.831. The smallest absolute Gasteiger partial charge is 0.242 e. The van der Waals surface area contributed by atoms with E-state index in [1.54, 1.807) is 25.1 Å². The summed E-state index contributed by atoms with van der Waals surface area (Å²) in [7, 11) is 0. The molecule has 1 atom stereocenters. The lowest BCUT2D eigenvalue weighted by molar-refractivity contribution is -0.121. The Balaban J connectivity index is 3.04. The lowest BCUT2D eigenvalue weighted by Crippen LogP contribution is -2.47. The first kappa shape index (κ1) is 12.8.